The maximum Gasteiger partial charge on any atom is 0.246 e. The maximum atomic E-state index is 14.0. The zero-order valence-electron chi connectivity index (χ0n) is 20.9. The fourth-order valence-electron chi connectivity index (χ4n) is 6.56. The smallest absolute Gasteiger partial charge is 0.246 e. The van der Waals surface area contributed by atoms with Crippen LogP contribution in [0.5, 0.6) is 0 Å². The lowest BCUT2D eigenvalue weighted by atomic mass is 9.70. The summed E-state index contributed by atoms with van der Waals surface area (Å²) in [5.41, 5.74) is -1.71. The van der Waals surface area contributed by atoms with Crippen molar-refractivity contribution < 1.29 is 19.1 Å². The summed E-state index contributed by atoms with van der Waals surface area (Å²) in [5.74, 6) is -2.36. The van der Waals surface area contributed by atoms with E-state index in [9.17, 15) is 14.4 Å². The Morgan fingerprint density at radius 1 is 1.14 bits per heavy atom. The highest BCUT2D eigenvalue weighted by molar-refractivity contribution is 6.42. The van der Waals surface area contributed by atoms with Crippen molar-refractivity contribution in [2.75, 3.05) is 5.32 Å². The lowest BCUT2D eigenvalue weighted by Crippen LogP contribution is -2.58. The highest BCUT2D eigenvalue weighted by Crippen LogP contribution is 2.60. The predicted molar refractivity (Wildman–Crippen MR) is 139 cm³/mol. The van der Waals surface area contributed by atoms with E-state index < -0.39 is 29.1 Å². The molecule has 1 spiro atoms. The normalized spacial score (nSPS) is 34.1. The molecule has 3 fully saturated rings. The Kier molecular flexibility index (Phi) is 6.63. The predicted octanol–water partition coefficient (Wildman–Crippen LogP) is 4.72. The highest BCUT2D eigenvalue weighted by atomic mass is 35.5. The van der Waals surface area contributed by atoms with Crippen LogP contribution in [0.2, 0.25) is 10.0 Å². The topological polar surface area (TPSA) is 87.7 Å². The number of carbonyl (C=O) groups is 3. The standard InChI is InChI=1S/C27H33Cl2N3O4/c1-4-15(2)32-22(24(34)30-16-8-6-5-7-9-16)27-13-12-26(3,36-27)20(21(27)25(32)35)23(33)31-17-10-11-18(28)19(29)14-17/h10-16,20-22H,4-9H2,1-3H3,(H,30,34)(H,31,33)/t15?,20?,21-,22?,26-,27?/m0/s1. The third-order valence-electron chi connectivity index (χ3n) is 8.47. The first-order valence-electron chi connectivity index (χ1n) is 12.9. The molecule has 5 rings (SSSR count). The summed E-state index contributed by atoms with van der Waals surface area (Å²) >= 11 is 12.2. The summed E-state index contributed by atoms with van der Waals surface area (Å²) in [7, 11) is 0. The molecule has 1 aromatic rings. The van der Waals surface area contributed by atoms with Crippen molar-refractivity contribution in [3.63, 3.8) is 0 Å². The van der Waals surface area contributed by atoms with Gasteiger partial charge in [0.1, 0.15) is 11.6 Å². The number of benzene rings is 1. The lowest BCUT2D eigenvalue weighted by molar-refractivity contribution is -0.146. The number of likely N-dealkylation sites (tertiary alicyclic amines) is 1. The second kappa shape index (κ2) is 9.34. The maximum absolute atomic E-state index is 14.0. The molecule has 2 bridgehead atoms. The molecule has 0 aromatic heterocycles. The van der Waals surface area contributed by atoms with E-state index in [0.717, 1.165) is 25.7 Å². The molecule has 194 valence electrons. The first-order chi connectivity index (χ1) is 17.1. The van der Waals surface area contributed by atoms with Gasteiger partial charge in [-0.2, -0.15) is 0 Å². The molecular formula is C27H33Cl2N3O4. The molecule has 3 amide bonds. The molecule has 3 heterocycles. The van der Waals surface area contributed by atoms with Crippen LogP contribution in [0.25, 0.3) is 0 Å². The first kappa shape index (κ1) is 25.6. The second-order valence-electron chi connectivity index (χ2n) is 10.8. The summed E-state index contributed by atoms with van der Waals surface area (Å²) in [6.45, 7) is 5.75. The number of halogens is 2. The monoisotopic (exact) mass is 533 g/mol. The van der Waals surface area contributed by atoms with E-state index in [1.807, 2.05) is 32.9 Å². The van der Waals surface area contributed by atoms with Crippen molar-refractivity contribution >= 4 is 46.6 Å². The minimum absolute atomic E-state index is 0.0995. The van der Waals surface area contributed by atoms with Crippen molar-refractivity contribution in [2.45, 2.75) is 88.6 Å². The summed E-state index contributed by atoms with van der Waals surface area (Å²) in [6, 6.07) is 3.94. The lowest BCUT2D eigenvalue weighted by Gasteiger charge is -2.37. The van der Waals surface area contributed by atoms with E-state index >= 15 is 0 Å². The van der Waals surface area contributed by atoms with E-state index in [-0.39, 0.29) is 29.8 Å². The molecule has 3 aliphatic heterocycles. The van der Waals surface area contributed by atoms with Crippen molar-refractivity contribution in [1.82, 2.24) is 10.2 Å². The van der Waals surface area contributed by atoms with Gasteiger partial charge in [-0.05, 0) is 51.3 Å². The summed E-state index contributed by atoms with van der Waals surface area (Å²) in [4.78, 5) is 43.1. The molecule has 6 atom stereocenters. The van der Waals surface area contributed by atoms with Gasteiger partial charge >= 0.3 is 0 Å². The number of rotatable bonds is 6. The van der Waals surface area contributed by atoms with E-state index in [0.29, 0.717) is 22.2 Å². The number of nitrogens with zero attached hydrogens (tertiary/aromatic N) is 1. The minimum atomic E-state index is -1.19. The molecule has 1 aliphatic carbocycles. The van der Waals surface area contributed by atoms with Gasteiger partial charge in [0.15, 0.2) is 0 Å². The summed E-state index contributed by atoms with van der Waals surface area (Å²) < 4.78 is 6.56. The van der Waals surface area contributed by atoms with Gasteiger partial charge in [-0.1, -0.05) is 61.5 Å². The quantitative estimate of drug-likeness (QED) is 0.518. The van der Waals surface area contributed by atoms with Gasteiger partial charge in [0.2, 0.25) is 17.7 Å². The zero-order valence-corrected chi connectivity index (χ0v) is 22.4. The highest BCUT2D eigenvalue weighted by Gasteiger charge is 2.76. The van der Waals surface area contributed by atoms with Gasteiger partial charge in [-0.3, -0.25) is 14.4 Å². The van der Waals surface area contributed by atoms with Crippen LogP contribution >= 0.6 is 23.2 Å². The second-order valence-corrected chi connectivity index (χ2v) is 11.6. The van der Waals surface area contributed by atoms with Crippen LogP contribution in [0, 0.1) is 11.8 Å². The molecule has 2 saturated heterocycles. The van der Waals surface area contributed by atoms with Gasteiger partial charge < -0.3 is 20.3 Å². The summed E-state index contributed by atoms with van der Waals surface area (Å²) in [5, 5.41) is 6.81. The Bertz CT molecular complexity index is 1120. The molecular weight excluding hydrogens is 501 g/mol. The van der Waals surface area contributed by atoms with Gasteiger partial charge in [-0.15, -0.1) is 0 Å². The molecule has 1 aromatic carbocycles. The number of amides is 3. The van der Waals surface area contributed by atoms with Crippen LogP contribution in [0.3, 0.4) is 0 Å². The van der Waals surface area contributed by atoms with E-state index in [1.165, 1.54) is 6.42 Å². The van der Waals surface area contributed by atoms with E-state index in [2.05, 4.69) is 10.6 Å². The van der Waals surface area contributed by atoms with Gasteiger partial charge in [-0.25, -0.2) is 0 Å². The third-order valence-corrected chi connectivity index (χ3v) is 9.21. The van der Waals surface area contributed by atoms with Gasteiger partial charge in [0.05, 0.1) is 27.5 Å². The molecule has 1 saturated carbocycles. The Morgan fingerprint density at radius 2 is 1.86 bits per heavy atom. The Hall–Kier alpha value is -2.09. The number of carbonyl (C=O) groups excluding carboxylic acids is 3. The SMILES string of the molecule is CCC(C)N1C(=O)[C@@H]2C(C(=O)Nc3ccc(Cl)c(Cl)c3)[C@]3(C)C=CC2(O3)C1C(=O)NC1CCCCC1. The average molecular weight is 534 g/mol. The number of hydrogen-bond donors (Lipinski definition) is 2. The first-order valence-corrected chi connectivity index (χ1v) is 13.7. The molecule has 36 heavy (non-hydrogen) atoms. The fraction of sp³-hybridized carbons (Fsp3) is 0.593. The molecule has 7 nitrogen and oxygen atoms in total. The Morgan fingerprint density at radius 3 is 2.53 bits per heavy atom. The van der Waals surface area contributed by atoms with Crippen LogP contribution < -0.4 is 10.6 Å². The number of hydrogen-bond acceptors (Lipinski definition) is 4. The third kappa shape index (κ3) is 3.95. The number of fused-ring (bicyclic) bond motifs is 1. The van der Waals surface area contributed by atoms with Crippen molar-refractivity contribution in [3.05, 3.63) is 40.4 Å². The number of ether oxygens (including phenoxy) is 1. The minimum Gasteiger partial charge on any atom is -0.356 e. The molecule has 2 N–H and O–H groups in total. The average Bonchev–Trinajstić information content (AvgIpc) is 3.42. The van der Waals surface area contributed by atoms with Gasteiger partial charge in [0.25, 0.3) is 0 Å². The van der Waals surface area contributed by atoms with Crippen molar-refractivity contribution in [3.8, 4) is 0 Å². The van der Waals surface area contributed by atoms with Crippen LogP contribution in [-0.2, 0) is 19.1 Å². The van der Waals surface area contributed by atoms with E-state index in [4.69, 9.17) is 27.9 Å². The summed E-state index contributed by atoms with van der Waals surface area (Å²) in [6.07, 6.45) is 9.61. The molecule has 9 heteroatoms. The van der Waals surface area contributed by atoms with Crippen LogP contribution in [0.15, 0.2) is 30.4 Å². The molecule has 0 radical (unpaired) electrons. The van der Waals surface area contributed by atoms with Crippen LogP contribution in [0.1, 0.15) is 59.3 Å². The number of anilines is 1. The zero-order chi connectivity index (χ0) is 25.8. The Balaban J connectivity index is 1.48. The number of nitrogens with one attached hydrogen (secondary N) is 2. The van der Waals surface area contributed by atoms with Crippen molar-refractivity contribution in [2.24, 2.45) is 11.8 Å². The van der Waals surface area contributed by atoms with Crippen LogP contribution in [0.4, 0.5) is 5.69 Å². The molecule has 4 unspecified atom stereocenters. The van der Waals surface area contributed by atoms with E-state index in [1.54, 1.807) is 23.1 Å². The van der Waals surface area contributed by atoms with Gasteiger partial charge in [0, 0.05) is 17.8 Å². The molecule has 4 aliphatic rings. The fourth-order valence-corrected chi connectivity index (χ4v) is 6.86. The van der Waals surface area contributed by atoms with Crippen molar-refractivity contribution in [1.29, 1.82) is 0 Å². The Labute approximate surface area is 221 Å². The largest absolute Gasteiger partial charge is 0.356 e. The van der Waals surface area contributed by atoms with Crippen LogP contribution in [-0.4, -0.2) is 51.9 Å².